The van der Waals surface area contributed by atoms with Gasteiger partial charge in [-0.15, -0.1) is 0 Å². The molecule has 70 valence electrons. The summed E-state index contributed by atoms with van der Waals surface area (Å²) < 4.78 is 12.1. The normalized spacial score (nSPS) is 20.5. The fraction of sp³-hybridized carbons (Fsp3) is 0.400. The van der Waals surface area contributed by atoms with Crippen molar-refractivity contribution >= 4 is 15.9 Å². The van der Waals surface area contributed by atoms with Gasteiger partial charge in [-0.2, -0.15) is 0 Å². The van der Waals surface area contributed by atoms with Gasteiger partial charge in [0.2, 0.25) is 0 Å². The van der Waals surface area contributed by atoms with Crippen LogP contribution in [-0.2, 0) is 15.3 Å². The molecule has 1 aromatic rings. The average Bonchev–Trinajstić information content (AvgIpc) is 2.54. The highest BCUT2D eigenvalue weighted by atomic mass is 79.9. The highest BCUT2D eigenvalue weighted by molar-refractivity contribution is 9.10. The zero-order chi connectivity index (χ0) is 9.31. The largest absolute Gasteiger partial charge is 0.344 e. The van der Waals surface area contributed by atoms with E-state index in [0.717, 1.165) is 10.0 Å². The predicted octanol–water partition coefficient (Wildman–Crippen LogP) is 2.67. The molecule has 2 rings (SSSR count). The molecule has 0 spiro atoms. The fourth-order valence-corrected chi connectivity index (χ4v) is 2.14. The number of rotatable bonds is 1. The highest BCUT2D eigenvalue weighted by Crippen LogP contribution is 2.35. The van der Waals surface area contributed by atoms with Crippen LogP contribution in [0.4, 0.5) is 0 Å². The van der Waals surface area contributed by atoms with Gasteiger partial charge in [0.05, 0.1) is 13.2 Å². The Labute approximate surface area is 86.0 Å². The van der Waals surface area contributed by atoms with E-state index in [1.807, 2.05) is 31.2 Å². The summed E-state index contributed by atoms with van der Waals surface area (Å²) in [4.78, 5) is 0. The minimum atomic E-state index is -0.569. The molecule has 1 heterocycles. The van der Waals surface area contributed by atoms with Gasteiger partial charge in [0.15, 0.2) is 5.79 Å². The van der Waals surface area contributed by atoms with Crippen LogP contribution in [0.5, 0.6) is 0 Å². The van der Waals surface area contributed by atoms with Crippen molar-refractivity contribution in [3.05, 3.63) is 34.3 Å². The summed E-state index contributed by atoms with van der Waals surface area (Å²) in [7, 11) is 0. The van der Waals surface area contributed by atoms with E-state index in [1.165, 1.54) is 0 Å². The molecular weight excluding hydrogens is 232 g/mol. The maximum Gasteiger partial charge on any atom is 0.193 e. The van der Waals surface area contributed by atoms with Crippen LogP contribution in [0.2, 0.25) is 0 Å². The molecule has 0 bridgehead atoms. The third-order valence-corrected chi connectivity index (χ3v) is 2.89. The molecule has 2 nitrogen and oxygen atoms in total. The summed E-state index contributed by atoms with van der Waals surface area (Å²) in [5.74, 6) is -0.569. The molecule has 1 saturated heterocycles. The van der Waals surface area contributed by atoms with E-state index in [4.69, 9.17) is 9.47 Å². The van der Waals surface area contributed by atoms with E-state index < -0.39 is 5.79 Å². The second kappa shape index (κ2) is 3.40. The molecule has 13 heavy (non-hydrogen) atoms. The van der Waals surface area contributed by atoms with E-state index in [2.05, 4.69) is 15.9 Å². The lowest BCUT2D eigenvalue weighted by Gasteiger charge is -2.23. The molecule has 0 unspecified atom stereocenters. The van der Waals surface area contributed by atoms with Gasteiger partial charge in [0.1, 0.15) is 0 Å². The SMILES string of the molecule is CC1(c2ccccc2Br)OCCO1. The monoisotopic (exact) mass is 242 g/mol. The van der Waals surface area contributed by atoms with Crippen LogP contribution in [-0.4, -0.2) is 13.2 Å². The highest BCUT2D eigenvalue weighted by Gasteiger charge is 2.34. The van der Waals surface area contributed by atoms with Crippen molar-refractivity contribution < 1.29 is 9.47 Å². The summed E-state index contributed by atoms with van der Waals surface area (Å²) in [6, 6.07) is 7.96. The summed E-state index contributed by atoms with van der Waals surface area (Å²) in [6.45, 7) is 3.27. The van der Waals surface area contributed by atoms with Crippen molar-refractivity contribution in [2.75, 3.05) is 13.2 Å². The molecule has 0 amide bonds. The average molecular weight is 243 g/mol. The standard InChI is InChI=1S/C10H11BrO2/c1-10(12-6-7-13-10)8-4-2-3-5-9(8)11/h2-5H,6-7H2,1H3. The maximum atomic E-state index is 5.56. The Balaban J connectivity index is 2.39. The van der Waals surface area contributed by atoms with Crippen molar-refractivity contribution in [1.29, 1.82) is 0 Å². The lowest BCUT2D eigenvalue weighted by molar-refractivity contribution is -0.150. The van der Waals surface area contributed by atoms with Crippen LogP contribution < -0.4 is 0 Å². The number of ether oxygens (including phenoxy) is 2. The number of hydrogen-bond donors (Lipinski definition) is 0. The molecule has 0 saturated carbocycles. The van der Waals surface area contributed by atoms with E-state index in [1.54, 1.807) is 0 Å². The molecule has 0 radical (unpaired) electrons. The van der Waals surface area contributed by atoms with Crippen LogP contribution >= 0.6 is 15.9 Å². The van der Waals surface area contributed by atoms with Gasteiger partial charge in [0, 0.05) is 10.0 Å². The van der Waals surface area contributed by atoms with E-state index in [0.29, 0.717) is 13.2 Å². The van der Waals surface area contributed by atoms with Crippen LogP contribution in [0.15, 0.2) is 28.7 Å². The van der Waals surface area contributed by atoms with Gasteiger partial charge in [-0.25, -0.2) is 0 Å². The maximum absolute atomic E-state index is 5.56. The van der Waals surface area contributed by atoms with Gasteiger partial charge in [0.25, 0.3) is 0 Å². The third-order valence-electron chi connectivity index (χ3n) is 2.20. The fourth-order valence-electron chi connectivity index (χ4n) is 1.50. The van der Waals surface area contributed by atoms with Crippen LogP contribution in [0.3, 0.4) is 0 Å². The van der Waals surface area contributed by atoms with Crippen molar-refractivity contribution in [3.8, 4) is 0 Å². The summed E-state index contributed by atoms with van der Waals surface area (Å²) in [5.41, 5.74) is 1.05. The van der Waals surface area contributed by atoms with Gasteiger partial charge in [-0.05, 0) is 13.0 Å². The molecular formula is C10H11BrO2. The number of hydrogen-bond acceptors (Lipinski definition) is 2. The lowest BCUT2D eigenvalue weighted by atomic mass is 10.1. The topological polar surface area (TPSA) is 18.5 Å². The van der Waals surface area contributed by atoms with Crippen molar-refractivity contribution in [3.63, 3.8) is 0 Å². The molecule has 0 atom stereocenters. The lowest BCUT2D eigenvalue weighted by Crippen LogP contribution is -2.22. The molecule has 0 N–H and O–H groups in total. The van der Waals surface area contributed by atoms with E-state index in [-0.39, 0.29) is 0 Å². The Morgan fingerprint density at radius 3 is 2.46 bits per heavy atom. The van der Waals surface area contributed by atoms with Gasteiger partial charge < -0.3 is 9.47 Å². The van der Waals surface area contributed by atoms with E-state index >= 15 is 0 Å². The predicted molar refractivity (Wildman–Crippen MR) is 53.4 cm³/mol. The first-order valence-corrected chi connectivity index (χ1v) is 5.04. The molecule has 0 aromatic heterocycles. The first-order valence-electron chi connectivity index (χ1n) is 4.25. The molecule has 1 aliphatic rings. The Bertz CT molecular complexity index is 306. The Morgan fingerprint density at radius 1 is 1.23 bits per heavy atom. The minimum Gasteiger partial charge on any atom is -0.344 e. The molecule has 1 fully saturated rings. The Morgan fingerprint density at radius 2 is 1.85 bits per heavy atom. The Kier molecular flexibility index (Phi) is 2.41. The van der Waals surface area contributed by atoms with Crippen LogP contribution in [0, 0.1) is 0 Å². The van der Waals surface area contributed by atoms with E-state index in [9.17, 15) is 0 Å². The van der Waals surface area contributed by atoms with Crippen LogP contribution in [0.1, 0.15) is 12.5 Å². The first-order chi connectivity index (χ1) is 6.22. The first kappa shape index (κ1) is 9.19. The molecule has 0 aliphatic carbocycles. The minimum absolute atomic E-state index is 0.569. The molecule has 3 heteroatoms. The van der Waals surface area contributed by atoms with Crippen molar-refractivity contribution in [1.82, 2.24) is 0 Å². The zero-order valence-corrected chi connectivity index (χ0v) is 9.00. The number of halogens is 1. The Hall–Kier alpha value is -0.380. The molecule has 1 aliphatic heterocycles. The summed E-state index contributed by atoms with van der Waals surface area (Å²) in [5, 5.41) is 0. The summed E-state index contributed by atoms with van der Waals surface area (Å²) in [6.07, 6.45) is 0. The second-order valence-corrected chi connectivity index (χ2v) is 3.98. The quantitative estimate of drug-likeness (QED) is 0.754. The second-order valence-electron chi connectivity index (χ2n) is 3.12. The smallest absolute Gasteiger partial charge is 0.193 e. The number of benzene rings is 1. The van der Waals surface area contributed by atoms with Gasteiger partial charge in [-0.1, -0.05) is 34.1 Å². The molecule has 1 aromatic carbocycles. The third kappa shape index (κ3) is 1.64. The van der Waals surface area contributed by atoms with Crippen molar-refractivity contribution in [2.24, 2.45) is 0 Å². The van der Waals surface area contributed by atoms with Gasteiger partial charge in [-0.3, -0.25) is 0 Å². The zero-order valence-electron chi connectivity index (χ0n) is 7.42. The van der Waals surface area contributed by atoms with Gasteiger partial charge >= 0.3 is 0 Å². The summed E-state index contributed by atoms with van der Waals surface area (Å²) >= 11 is 3.48. The van der Waals surface area contributed by atoms with Crippen LogP contribution in [0.25, 0.3) is 0 Å². The van der Waals surface area contributed by atoms with Crippen molar-refractivity contribution in [2.45, 2.75) is 12.7 Å².